The number of pyridine rings is 1. The highest BCUT2D eigenvalue weighted by Gasteiger charge is 2.17. The van der Waals surface area contributed by atoms with E-state index in [9.17, 15) is 4.79 Å². The molecule has 3 heterocycles. The van der Waals surface area contributed by atoms with Crippen LogP contribution in [-0.4, -0.2) is 81.5 Å². The van der Waals surface area contributed by atoms with Crippen molar-refractivity contribution in [2.45, 2.75) is 33.0 Å². The van der Waals surface area contributed by atoms with Crippen molar-refractivity contribution in [2.24, 2.45) is 0 Å². The Hall–Kier alpha value is -3.60. The molecule has 4 aromatic rings. The summed E-state index contributed by atoms with van der Waals surface area (Å²) in [7, 11) is 1.66. The quantitative estimate of drug-likeness (QED) is 0.324. The summed E-state index contributed by atoms with van der Waals surface area (Å²) in [6.07, 6.45) is 0.977. The lowest BCUT2D eigenvalue weighted by Gasteiger charge is -2.28. The molecule has 0 spiro atoms. The average molecular weight is 518 g/mol. The molecule has 0 bridgehead atoms. The summed E-state index contributed by atoms with van der Waals surface area (Å²) >= 11 is 0. The molecule has 10 nitrogen and oxygen atoms in total. The van der Waals surface area contributed by atoms with Crippen LogP contribution in [0.3, 0.4) is 0 Å². The van der Waals surface area contributed by atoms with E-state index in [2.05, 4.69) is 30.3 Å². The minimum Gasteiger partial charge on any atom is -0.497 e. The van der Waals surface area contributed by atoms with Gasteiger partial charge in [-0.15, -0.1) is 5.10 Å². The zero-order valence-electron chi connectivity index (χ0n) is 22.1. The standard InChI is InChI=1S/C28H35N7O3/c1-21-5-3-6-23-17-24(28(36)29-27(21)23)19-34(12-4-11-33-13-15-38-16-14-33)20-26-30-31-32-35(26)18-22-7-9-25(37-2)10-8-22/h3,5-10,17H,4,11-16,18-20H2,1-2H3,(H,29,36). The SMILES string of the molecule is COc1ccc(Cn2nnnc2CN(CCCN2CCOCC2)Cc2cc3cccc(C)c3[nH]c2=O)cc1. The minimum absolute atomic E-state index is 0.0530. The Kier molecular flexibility index (Phi) is 8.42. The van der Waals surface area contributed by atoms with E-state index >= 15 is 0 Å². The van der Waals surface area contributed by atoms with Crippen LogP contribution >= 0.6 is 0 Å². The maximum Gasteiger partial charge on any atom is 0.252 e. The number of rotatable bonds is 11. The van der Waals surface area contributed by atoms with Crippen LogP contribution in [0.1, 0.15) is 28.9 Å². The predicted octanol–water partition coefficient (Wildman–Crippen LogP) is 2.60. The first kappa shape index (κ1) is 26.0. The monoisotopic (exact) mass is 517 g/mol. The molecule has 0 atom stereocenters. The smallest absolute Gasteiger partial charge is 0.252 e. The Morgan fingerprint density at radius 1 is 1.11 bits per heavy atom. The van der Waals surface area contributed by atoms with Crippen molar-refractivity contribution < 1.29 is 9.47 Å². The maximum absolute atomic E-state index is 13.0. The third-order valence-corrected chi connectivity index (χ3v) is 7.07. The molecule has 200 valence electrons. The number of methoxy groups -OCH3 is 1. The topological polar surface area (TPSA) is 101 Å². The van der Waals surface area contributed by atoms with E-state index in [1.807, 2.05) is 60.1 Å². The lowest BCUT2D eigenvalue weighted by Crippen LogP contribution is -2.38. The molecule has 0 saturated carbocycles. The molecule has 0 amide bonds. The number of aromatic amines is 1. The lowest BCUT2D eigenvalue weighted by molar-refractivity contribution is 0.0358. The Labute approximate surface area is 222 Å². The van der Waals surface area contributed by atoms with Crippen molar-refractivity contribution in [3.05, 3.63) is 81.4 Å². The van der Waals surface area contributed by atoms with Gasteiger partial charge in [-0.2, -0.15) is 0 Å². The molecular weight excluding hydrogens is 482 g/mol. The number of hydrogen-bond acceptors (Lipinski definition) is 8. The fourth-order valence-electron chi connectivity index (χ4n) is 4.91. The van der Waals surface area contributed by atoms with Gasteiger partial charge in [-0.05, 0) is 65.0 Å². The van der Waals surface area contributed by atoms with Crippen molar-refractivity contribution in [3.8, 4) is 5.75 Å². The molecule has 0 radical (unpaired) electrons. The van der Waals surface area contributed by atoms with Gasteiger partial charge in [0.05, 0.1) is 38.9 Å². The second-order valence-corrected chi connectivity index (χ2v) is 9.78. The number of fused-ring (bicyclic) bond motifs is 1. The van der Waals surface area contributed by atoms with Gasteiger partial charge < -0.3 is 14.5 Å². The highest BCUT2D eigenvalue weighted by atomic mass is 16.5. The first-order chi connectivity index (χ1) is 18.6. The van der Waals surface area contributed by atoms with Gasteiger partial charge >= 0.3 is 0 Å². The molecular formula is C28H35N7O3. The first-order valence-corrected chi connectivity index (χ1v) is 13.1. The summed E-state index contributed by atoms with van der Waals surface area (Å²) in [6, 6.07) is 16.0. The molecule has 0 aliphatic carbocycles. The van der Waals surface area contributed by atoms with Crippen LogP contribution in [0.4, 0.5) is 0 Å². The fourth-order valence-corrected chi connectivity index (χ4v) is 4.91. The van der Waals surface area contributed by atoms with Gasteiger partial charge in [-0.1, -0.05) is 30.3 Å². The molecule has 1 N–H and O–H groups in total. The summed E-state index contributed by atoms with van der Waals surface area (Å²) < 4.78 is 12.6. The lowest BCUT2D eigenvalue weighted by atomic mass is 10.1. The van der Waals surface area contributed by atoms with Crippen LogP contribution in [0.2, 0.25) is 0 Å². The van der Waals surface area contributed by atoms with E-state index in [-0.39, 0.29) is 5.56 Å². The molecule has 10 heteroatoms. The minimum atomic E-state index is -0.0530. The Bertz CT molecular complexity index is 1390. The largest absolute Gasteiger partial charge is 0.497 e. The van der Waals surface area contributed by atoms with E-state index in [1.165, 1.54) is 0 Å². The number of hydrogen-bond donors (Lipinski definition) is 1. The van der Waals surface area contributed by atoms with Gasteiger partial charge in [0, 0.05) is 31.7 Å². The third kappa shape index (κ3) is 6.45. The number of nitrogens with one attached hydrogen (secondary N) is 1. The van der Waals surface area contributed by atoms with Gasteiger partial charge in [-0.3, -0.25) is 14.6 Å². The maximum atomic E-state index is 13.0. The van der Waals surface area contributed by atoms with Gasteiger partial charge in [-0.25, -0.2) is 4.68 Å². The number of H-pyrrole nitrogens is 1. The summed E-state index contributed by atoms with van der Waals surface area (Å²) in [6.45, 7) is 8.93. The zero-order valence-corrected chi connectivity index (χ0v) is 22.1. The number of aromatic nitrogens is 5. The van der Waals surface area contributed by atoms with E-state index < -0.39 is 0 Å². The van der Waals surface area contributed by atoms with Crippen molar-refractivity contribution >= 4 is 10.9 Å². The van der Waals surface area contributed by atoms with Gasteiger partial charge in [0.1, 0.15) is 5.75 Å². The van der Waals surface area contributed by atoms with Crippen molar-refractivity contribution in [1.29, 1.82) is 0 Å². The molecule has 1 saturated heterocycles. The molecule has 1 aliphatic heterocycles. The molecule has 38 heavy (non-hydrogen) atoms. The number of benzene rings is 2. The van der Waals surface area contributed by atoms with Crippen LogP contribution < -0.4 is 10.3 Å². The summed E-state index contributed by atoms with van der Waals surface area (Å²) in [4.78, 5) is 20.8. The van der Waals surface area contributed by atoms with Crippen molar-refractivity contribution in [1.82, 2.24) is 35.0 Å². The summed E-state index contributed by atoms with van der Waals surface area (Å²) in [5, 5.41) is 13.6. The molecule has 5 rings (SSSR count). The first-order valence-electron chi connectivity index (χ1n) is 13.1. The van der Waals surface area contributed by atoms with Gasteiger partial charge in [0.15, 0.2) is 5.82 Å². The van der Waals surface area contributed by atoms with Crippen LogP contribution in [0, 0.1) is 6.92 Å². The second-order valence-electron chi connectivity index (χ2n) is 9.78. The zero-order chi connectivity index (χ0) is 26.3. The second kappa shape index (κ2) is 12.3. The normalized spacial score (nSPS) is 14.4. The van der Waals surface area contributed by atoms with E-state index in [0.29, 0.717) is 19.6 Å². The van der Waals surface area contributed by atoms with Crippen LogP contribution in [0.25, 0.3) is 10.9 Å². The van der Waals surface area contributed by atoms with Crippen LogP contribution in [0.15, 0.2) is 53.3 Å². The Balaban J connectivity index is 1.33. The number of morpholine rings is 1. The number of nitrogens with zero attached hydrogens (tertiary/aromatic N) is 6. The number of aryl methyl sites for hydroxylation is 1. The van der Waals surface area contributed by atoms with E-state index in [4.69, 9.17) is 9.47 Å². The molecule has 2 aromatic heterocycles. The Morgan fingerprint density at radius 2 is 1.92 bits per heavy atom. The Morgan fingerprint density at radius 3 is 2.71 bits per heavy atom. The number of para-hydroxylation sites is 1. The van der Waals surface area contributed by atoms with E-state index in [1.54, 1.807) is 7.11 Å². The van der Waals surface area contributed by atoms with Gasteiger partial charge in [0.2, 0.25) is 0 Å². The van der Waals surface area contributed by atoms with Crippen molar-refractivity contribution in [3.63, 3.8) is 0 Å². The van der Waals surface area contributed by atoms with E-state index in [0.717, 1.165) is 85.0 Å². The molecule has 0 unspecified atom stereocenters. The van der Waals surface area contributed by atoms with Gasteiger partial charge in [0.25, 0.3) is 5.56 Å². The fraction of sp³-hybridized carbons (Fsp3) is 0.429. The van der Waals surface area contributed by atoms with Crippen molar-refractivity contribution in [2.75, 3.05) is 46.5 Å². The highest BCUT2D eigenvalue weighted by Crippen LogP contribution is 2.17. The average Bonchev–Trinajstić information content (AvgIpc) is 3.37. The summed E-state index contributed by atoms with van der Waals surface area (Å²) in [5.74, 6) is 1.58. The van der Waals surface area contributed by atoms with Crippen LogP contribution in [0.5, 0.6) is 5.75 Å². The molecule has 2 aromatic carbocycles. The molecule has 1 aliphatic rings. The molecule has 1 fully saturated rings. The number of tetrazole rings is 1. The summed E-state index contributed by atoms with van der Waals surface area (Å²) in [5.41, 5.74) is 3.72. The predicted molar refractivity (Wildman–Crippen MR) is 145 cm³/mol. The highest BCUT2D eigenvalue weighted by molar-refractivity contribution is 5.81. The number of ether oxygens (including phenoxy) is 2. The third-order valence-electron chi connectivity index (χ3n) is 7.07. The van der Waals surface area contributed by atoms with Crippen LogP contribution in [-0.2, 0) is 24.4 Å².